The molecule has 4 N–H and O–H groups in total. The second kappa shape index (κ2) is 8.30. The summed E-state index contributed by atoms with van der Waals surface area (Å²) in [6.07, 6.45) is 3.36. The van der Waals surface area contributed by atoms with Gasteiger partial charge < -0.3 is 19.6 Å². The van der Waals surface area contributed by atoms with E-state index >= 15 is 0 Å². The van der Waals surface area contributed by atoms with Gasteiger partial charge in [0.25, 0.3) is 0 Å². The van der Waals surface area contributed by atoms with Gasteiger partial charge in [-0.2, -0.15) is 5.10 Å². The Kier molecular flexibility index (Phi) is 5.42. The fourth-order valence-corrected chi connectivity index (χ4v) is 3.04. The lowest BCUT2D eigenvalue weighted by Gasteiger charge is -2.08. The first-order valence-electron chi connectivity index (χ1n) is 8.60. The lowest BCUT2D eigenvalue weighted by Crippen LogP contribution is -2.26. The molecule has 0 radical (unpaired) electrons. The Hall–Kier alpha value is -3.08. The highest BCUT2D eigenvalue weighted by Gasteiger charge is 2.07. The number of nitrogens with zero attached hydrogens (tertiary/aromatic N) is 3. The van der Waals surface area contributed by atoms with Crippen molar-refractivity contribution < 1.29 is 9.29 Å². The summed E-state index contributed by atoms with van der Waals surface area (Å²) in [4.78, 5) is 3.16. The highest BCUT2D eigenvalue weighted by molar-refractivity contribution is 7.88. The average Bonchev–Trinajstić information content (AvgIpc) is 3.35. The molecule has 0 bridgehead atoms. The zero-order chi connectivity index (χ0) is 19.3. The number of fused-ring (bicyclic) bond motifs is 1. The predicted molar refractivity (Wildman–Crippen MR) is 109 cm³/mol. The van der Waals surface area contributed by atoms with Gasteiger partial charge in [0, 0.05) is 28.0 Å². The Bertz CT molecular complexity index is 1050. The van der Waals surface area contributed by atoms with Crippen LogP contribution in [0.15, 0.2) is 48.7 Å². The summed E-state index contributed by atoms with van der Waals surface area (Å²) in [5, 5.41) is 19.5. The Labute approximate surface area is 164 Å². The Morgan fingerprint density at radius 2 is 2.00 bits per heavy atom. The normalized spacial score (nSPS) is 12.2. The number of anilines is 2. The molecule has 9 nitrogen and oxygen atoms in total. The van der Waals surface area contributed by atoms with Crippen LogP contribution < -0.4 is 14.8 Å². The highest BCUT2D eigenvalue weighted by atomic mass is 32.2. The minimum atomic E-state index is -1.03. The third-order valence-electron chi connectivity index (χ3n) is 3.99. The van der Waals surface area contributed by atoms with Crippen LogP contribution in [0, 0.1) is 0 Å². The summed E-state index contributed by atoms with van der Waals surface area (Å²) >= 11 is -1.03. The van der Waals surface area contributed by atoms with Crippen LogP contribution in [0.5, 0.6) is 5.75 Å². The molecule has 0 spiro atoms. The fourth-order valence-electron chi connectivity index (χ4n) is 2.67. The first-order chi connectivity index (χ1) is 13.7. The maximum Gasteiger partial charge on any atom is 0.226 e. The molecule has 0 amide bonds. The maximum absolute atomic E-state index is 10.9. The number of benzene rings is 2. The van der Waals surface area contributed by atoms with Crippen LogP contribution in [0.3, 0.4) is 0 Å². The smallest absolute Gasteiger partial charge is 0.226 e. The Balaban J connectivity index is 1.38. The third kappa shape index (κ3) is 4.42. The van der Waals surface area contributed by atoms with E-state index in [1.54, 1.807) is 12.5 Å². The second-order valence-electron chi connectivity index (χ2n) is 6.04. The highest BCUT2D eigenvalue weighted by Crippen LogP contribution is 2.22. The molecular weight excluding hydrogens is 378 g/mol. The minimum absolute atomic E-state index is 0.441. The first-order valence-corrected chi connectivity index (χ1v) is 10.2. The van der Waals surface area contributed by atoms with Crippen LogP contribution in [0.1, 0.15) is 0 Å². The number of H-pyrrole nitrogens is 2. The van der Waals surface area contributed by atoms with Crippen LogP contribution in [0.2, 0.25) is 0 Å². The monoisotopic (exact) mass is 397 g/mol. The van der Waals surface area contributed by atoms with Gasteiger partial charge in [-0.3, -0.25) is 5.10 Å². The number of aromatic amines is 2. The van der Waals surface area contributed by atoms with Crippen LogP contribution in [0.4, 0.5) is 11.6 Å². The molecule has 2 heterocycles. The van der Waals surface area contributed by atoms with E-state index in [0.717, 1.165) is 27.9 Å². The summed E-state index contributed by atoms with van der Waals surface area (Å²) in [6.45, 7) is 0.961. The molecule has 2 aromatic heterocycles. The molecular formula is C18H19N7O2S. The molecule has 2 aromatic carbocycles. The Morgan fingerprint density at radius 1 is 1.14 bits per heavy atom. The van der Waals surface area contributed by atoms with E-state index in [2.05, 4.69) is 35.4 Å². The minimum Gasteiger partial charge on any atom is -0.598 e. The van der Waals surface area contributed by atoms with E-state index in [-0.39, 0.29) is 0 Å². The van der Waals surface area contributed by atoms with Crippen molar-refractivity contribution in [3.05, 3.63) is 48.7 Å². The van der Waals surface area contributed by atoms with Gasteiger partial charge in [0.15, 0.2) is 5.82 Å². The van der Waals surface area contributed by atoms with Crippen molar-refractivity contribution in [3.63, 3.8) is 0 Å². The van der Waals surface area contributed by atoms with Gasteiger partial charge in [0.2, 0.25) is 5.95 Å². The fraction of sp³-hybridized carbons (Fsp3) is 0.167. The molecule has 0 aliphatic rings. The number of hydrogen-bond donors (Lipinski definition) is 4. The van der Waals surface area contributed by atoms with Gasteiger partial charge in [-0.05, 0) is 42.5 Å². The molecule has 144 valence electrons. The van der Waals surface area contributed by atoms with Crippen LogP contribution >= 0.6 is 0 Å². The zero-order valence-electron chi connectivity index (χ0n) is 15.1. The van der Waals surface area contributed by atoms with Gasteiger partial charge in [-0.15, -0.1) is 14.9 Å². The summed E-state index contributed by atoms with van der Waals surface area (Å²) in [5.41, 5.74) is 2.76. The van der Waals surface area contributed by atoms with Crippen LogP contribution in [0.25, 0.3) is 22.3 Å². The molecule has 0 fully saturated rings. The van der Waals surface area contributed by atoms with Gasteiger partial charge in [-0.25, -0.2) is 0 Å². The number of aromatic nitrogens is 5. The molecule has 0 aliphatic heterocycles. The largest absolute Gasteiger partial charge is 0.598 e. The molecule has 0 aliphatic carbocycles. The average molecular weight is 397 g/mol. The van der Waals surface area contributed by atoms with Crippen molar-refractivity contribution in [1.82, 2.24) is 30.1 Å². The summed E-state index contributed by atoms with van der Waals surface area (Å²) < 4.78 is 19.3. The molecule has 1 unspecified atom stereocenters. The third-order valence-corrected chi connectivity index (χ3v) is 4.60. The van der Waals surface area contributed by atoms with Gasteiger partial charge in [0.05, 0.1) is 18.3 Å². The summed E-state index contributed by atoms with van der Waals surface area (Å²) in [6, 6.07) is 13.4. The number of nitrogens with one attached hydrogen (secondary N) is 4. The van der Waals surface area contributed by atoms with E-state index in [1.807, 2.05) is 42.5 Å². The molecule has 4 aromatic rings. The molecule has 4 rings (SSSR count). The lowest BCUT2D eigenvalue weighted by molar-refractivity contribution is 0.323. The van der Waals surface area contributed by atoms with Crippen molar-refractivity contribution in [3.8, 4) is 17.1 Å². The number of ether oxygens (including phenoxy) is 1. The second-order valence-corrected chi connectivity index (χ2v) is 7.24. The Morgan fingerprint density at radius 3 is 2.82 bits per heavy atom. The SMILES string of the molecule is C[S+]([O-])NCCOc1ccc(-c2nnc(Nc3ccc4[nH]ncc4c3)[nH]2)cc1. The summed E-state index contributed by atoms with van der Waals surface area (Å²) in [7, 11) is 0. The van der Waals surface area contributed by atoms with E-state index in [1.165, 1.54) is 0 Å². The van der Waals surface area contributed by atoms with Crippen molar-refractivity contribution in [2.75, 3.05) is 24.7 Å². The molecule has 10 heteroatoms. The number of hydrogen-bond acceptors (Lipinski definition) is 7. The summed E-state index contributed by atoms with van der Waals surface area (Å²) in [5.74, 6) is 1.94. The number of rotatable bonds is 8. The zero-order valence-corrected chi connectivity index (χ0v) is 15.9. The quantitative estimate of drug-likeness (QED) is 0.265. The van der Waals surface area contributed by atoms with Crippen molar-refractivity contribution in [2.45, 2.75) is 0 Å². The van der Waals surface area contributed by atoms with Crippen LogP contribution in [-0.2, 0) is 11.4 Å². The van der Waals surface area contributed by atoms with E-state index in [4.69, 9.17) is 4.74 Å². The molecule has 0 saturated carbocycles. The standard InChI is InChI=1S/C18H19N7O2S/c1-28(26)20-8-9-27-15-5-2-12(3-6-15)17-22-18(25-24-17)21-14-4-7-16-13(10-14)11-19-23-16/h2-7,10-11,20H,8-9H2,1H3,(H,19,23)(H2,21,22,24,25). The van der Waals surface area contributed by atoms with Gasteiger partial charge in [-0.1, -0.05) is 0 Å². The molecule has 28 heavy (non-hydrogen) atoms. The van der Waals surface area contributed by atoms with Gasteiger partial charge >= 0.3 is 0 Å². The van der Waals surface area contributed by atoms with Crippen LogP contribution in [-0.4, -0.2) is 49.3 Å². The van der Waals surface area contributed by atoms with Crippen molar-refractivity contribution in [1.29, 1.82) is 0 Å². The van der Waals surface area contributed by atoms with Gasteiger partial charge in [0.1, 0.15) is 18.6 Å². The predicted octanol–water partition coefficient (Wildman–Crippen LogP) is 2.35. The van der Waals surface area contributed by atoms with E-state index < -0.39 is 11.4 Å². The molecule has 0 saturated heterocycles. The van der Waals surface area contributed by atoms with Crippen molar-refractivity contribution in [2.24, 2.45) is 0 Å². The van der Waals surface area contributed by atoms with Crippen molar-refractivity contribution >= 4 is 33.9 Å². The van der Waals surface area contributed by atoms with E-state index in [9.17, 15) is 4.55 Å². The maximum atomic E-state index is 10.9. The molecule has 1 atom stereocenters. The lowest BCUT2D eigenvalue weighted by atomic mass is 10.2. The topological polar surface area (TPSA) is 127 Å². The van der Waals surface area contributed by atoms with E-state index in [0.29, 0.717) is 24.9 Å². The first kappa shape index (κ1) is 18.3.